The van der Waals surface area contributed by atoms with Crippen LogP contribution in [-0.2, 0) is 6.54 Å². The first kappa shape index (κ1) is 14.5. The van der Waals surface area contributed by atoms with Crippen LogP contribution in [0.25, 0.3) is 0 Å². The topological polar surface area (TPSA) is 102 Å². The van der Waals surface area contributed by atoms with Crippen LogP contribution >= 0.6 is 0 Å². The number of rotatable bonds is 4. The normalized spacial score (nSPS) is 18.4. The third kappa shape index (κ3) is 3.23. The lowest BCUT2D eigenvalue weighted by Crippen LogP contribution is -2.45. The van der Waals surface area contributed by atoms with Crippen molar-refractivity contribution in [2.45, 2.75) is 38.8 Å². The lowest BCUT2D eigenvalue weighted by atomic mass is 10.0. The van der Waals surface area contributed by atoms with E-state index in [1.807, 2.05) is 0 Å². The smallest absolute Gasteiger partial charge is 0.318 e. The monoisotopic (exact) mass is 305 g/mol. The summed E-state index contributed by atoms with van der Waals surface area (Å²) in [5.74, 6) is 1.11. The zero-order chi connectivity index (χ0) is 15.4. The van der Waals surface area contributed by atoms with Crippen molar-refractivity contribution < 1.29 is 9.32 Å². The van der Waals surface area contributed by atoms with Crippen LogP contribution in [0.1, 0.15) is 37.0 Å². The number of carbonyl (C=O) groups excluding carboxylic acids is 1. The molecule has 9 nitrogen and oxygen atoms in total. The van der Waals surface area contributed by atoms with Gasteiger partial charge in [0, 0.05) is 13.1 Å². The minimum absolute atomic E-state index is 0.110. The van der Waals surface area contributed by atoms with Crippen molar-refractivity contribution in [2.24, 2.45) is 0 Å². The number of aromatic nitrogens is 5. The number of likely N-dealkylation sites (tertiary alicyclic amines) is 1. The molecule has 1 aliphatic rings. The van der Waals surface area contributed by atoms with Crippen LogP contribution in [0.4, 0.5) is 4.79 Å². The number of urea groups is 1. The van der Waals surface area contributed by atoms with Gasteiger partial charge < -0.3 is 14.7 Å². The van der Waals surface area contributed by atoms with Crippen molar-refractivity contribution in [1.82, 2.24) is 35.1 Å². The molecule has 1 saturated heterocycles. The van der Waals surface area contributed by atoms with Gasteiger partial charge in [-0.25, -0.2) is 9.78 Å². The van der Waals surface area contributed by atoms with Gasteiger partial charge in [-0.1, -0.05) is 5.16 Å². The molecule has 2 aromatic rings. The predicted molar refractivity (Wildman–Crippen MR) is 75.8 cm³/mol. The highest BCUT2D eigenvalue weighted by molar-refractivity contribution is 5.74. The van der Waals surface area contributed by atoms with E-state index in [2.05, 4.69) is 25.5 Å². The van der Waals surface area contributed by atoms with Gasteiger partial charge in [-0.05, 0) is 26.2 Å². The fourth-order valence-electron chi connectivity index (χ4n) is 2.61. The van der Waals surface area contributed by atoms with Crippen LogP contribution in [0.5, 0.6) is 0 Å². The lowest BCUT2D eigenvalue weighted by Gasteiger charge is -2.33. The van der Waals surface area contributed by atoms with Gasteiger partial charge >= 0.3 is 6.03 Å². The average molecular weight is 305 g/mol. The van der Waals surface area contributed by atoms with Crippen LogP contribution in [0.15, 0.2) is 17.2 Å². The van der Waals surface area contributed by atoms with Gasteiger partial charge in [-0.3, -0.25) is 4.68 Å². The van der Waals surface area contributed by atoms with Crippen LogP contribution in [0, 0.1) is 6.92 Å². The van der Waals surface area contributed by atoms with E-state index in [1.165, 1.54) is 6.33 Å². The molecule has 0 aliphatic carbocycles. The third-order valence-corrected chi connectivity index (χ3v) is 3.68. The Morgan fingerprint density at radius 2 is 2.41 bits per heavy atom. The summed E-state index contributed by atoms with van der Waals surface area (Å²) in [5.41, 5.74) is 0. The lowest BCUT2D eigenvalue weighted by molar-refractivity contribution is 0.132. The molecule has 3 heterocycles. The number of nitrogens with one attached hydrogen (secondary N) is 1. The van der Waals surface area contributed by atoms with Gasteiger partial charge in [-0.2, -0.15) is 10.1 Å². The van der Waals surface area contributed by atoms with Gasteiger partial charge in [0.25, 0.3) is 0 Å². The highest BCUT2D eigenvalue weighted by Gasteiger charge is 2.31. The SMILES string of the molecule is Cc1noc([C@H]2CCCCN2C(=O)NCCn2cncn2)n1. The first-order valence-electron chi connectivity index (χ1n) is 7.41. The summed E-state index contributed by atoms with van der Waals surface area (Å²) in [5, 5.41) is 10.7. The summed E-state index contributed by atoms with van der Waals surface area (Å²) in [4.78, 5) is 22.3. The predicted octanol–water partition coefficient (Wildman–Crippen LogP) is 0.906. The molecule has 2 amide bonds. The molecule has 0 saturated carbocycles. The number of piperidine rings is 1. The maximum atomic E-state index is 12.4. The number of nitrogens with zero attached hydrogens (tertiary/aromatic N) is 6. The maximum Gasteiger partial charge on any atom is 0.318 e. The van der Waals surface area contributed by atoms with Gasteiger partial charge in [-0.15, -0.1) is 0 Å². The maximum absolute atomic E-state index is 12.4. The fraction of sp³-hybridized carbons (Fsp3) is 0.615. The second-order valence-electron chi connectivity index (χ2n) is 5.28. The first-order chi connectivity index (χ1) is 10.7. The summed E-state index contributed by atoms with van der Waals surface area (Å²) < 4.78 is 6.92. The number of amides is 2. The van der Waals surface area contributed by atoms with E-state index in [0.29, 0.717) is 31.3 Å². The Kier molecular flexibility index (Phi) is 4.31. The molecule has 2 aromatic heterocycles. The number of aryl methyl sites for hydroxylation is 1. The van der Waals surface area contributed by atoms with Crippen molar-refractivity contribution in [2.75, 3.05) is 13.1 Å². The van der Waals surface area contributed by atoms with E-state index in [1.54, 1.807) is 22.8 Å². The van der Waals surface area contributed by atoms with Crippen LogP contribution < -0.4 is 5.32 Å². The van der Waals surface area contributed by atoms with Crippen LogP contribution in [0.2, 0.25) is 0 Å². The molecule has 0 radical (unpaired) electrons. The molecule has 118 valence electrons. The van der Waals surface area contributed by atoms with Crippen molar-refractivity contribution in [3.8, 4) is 0 Å². The average Bonchev–Trinajstić information content (AvgIpc) is 3.19. The summed E-state index contributed by atoms with van der Waals surface area (Å²) in [6.45, 7) is 3.55. The Morgan fingerprint density at radius 1 is 1.50 bits per heavy atom. The Balaban J connectivity index is 1.59. The van der Waals surface area contributed by atoms with Crippen LogP contribution in [-0.4, -0.2) is 48.9 Å². The molecular weight excluding hydrogens is 286 g/mol. The Labute approximate surface area is 127 Å². The Bertz CT molecular complexity index is 610. The molecule has 0 aromatic carbocycles. The van der Waals surface area contributed by atoms with E-state index < -0.39 is 0 Å². The zero-order valence-corrected chi connectivity index (χ0v) is 12.5. The van der Waals surface area contributed by atoms with Gasteiger partial charge in [0.1, 0.15) is 18.7 Å². The molecule has 0 unspecified atom stereocenters. The van der Waals surface area contributed by atoms with Gasteiger partial charge in [0.15, 0.2) is 5.82 Å². The molecule has 22 heavy (non-hydrogen) atoms. The summed E-state index contributed by atoms with van der Waals surface area (Å²) in [6.07, 6.45) is 5.98. The van der Waals surface area contributed by atoms with E-state index in [0.717, 1.165) is 19.3 Å². The molecule has 1 N–H and O–H groups in total. The largest absolute Gasteiger partial charge is 0.337 e. The minimum Gasteiger partial charge on any atom is -0.337 e. The van der Waals surface area contributed by atoms with E-state index in [4.69, 9.17) is 4.52 Å². The quantitative estimate of drug-likeness (QED) is 0.900. The van der Waals surface area contributed by atoms with Crippen molar-refractivity contribution in [3.05, 3.63) is 24.4 Å². The summed E-state index contributed by atoms with van der Waals surface area (Å²) in [6, 6.07) is -0.248. The number of hydrogen-bond donors (Lipinski definition) is 1. The zero-order valence-electron chi connectivity index (χ0n) is 12.5. The molecule has 3 rings (SSSR count). The van der Waals surface area contributed by atoms with E-state index in [9.17, 15) is 4.79 Å². The Morgan fingerprint density at radius 3 is 3.14 bits per heavy atom. The highest BCUT2D eigenvalue weighted by Crippen LogP contribution is 2.29. The summed E-state index contributed by atoms with van der Waals surface area (Å²) in [7, 11) is 0. The van der Waals surface area contributed by atoms with E-state index in [-0.39, 0.29) is 12.1 Å². The standard InChI is InChI=1S/C13H19N7O2/c1-10-17-12(22-18-10)11-4-2-3-6-20(11)13(21)15-5-7-19-9-14-8-16-19/h8-9,11H,2-7H2,1H3,(H,15,21)/t11-/m1/s1. The van der Waals surface area contributed by atoms with Crippen molar-refractivity contribution in [3.63, 3.8) is 0 Å². The van der Waals surface area contributed by atoms with E-state index >= 15 is 0 Å². The number of hydrogen-bond acceptors (Lipinski definition) is 6. The fourth-order valence-corrected chi connectivity index (χ4v) is 2.61. The molecular formula is C13H19N7O2. The molecule has 0 spiro atoms. The molecule has 9 heteroatoms. The second kappa shape index (κ2) is 6.54. The third-order valence-electron chi connectivity index (χ3n) is 3.68. The molecule has 1 atom stereocenters. The van der Waals surface area contributed by atoms with Crippen molar-refractivity contribution in [1.29, 1.82) is 0 Å². The van der Waals surface area contributed by atoms with Gasteiger partial charge in [0.05, 0.1) is 6.54 Å². The Hall–Kier alpha value is -2.45. The molecule has 1 aliphatic heterocycles. The highest BCUT2D eigenvalue weighted by atomic mass is 16.5. The van der Waals surface area contributed by atoms with Gasteiger partial charge in [0.2, 0.25) is 5.89 Å². The minimum atomic E-state index is -0.138. The molecule has 0 bridgehead atoms. The second-order valence-corrected chi connectivity index (χ2v) is 5.28. The van der Waals surface area contributed by atoms with Crippen LogP contribution in [0.3, 0.4) is 0 Å². The molecule has 1 fully saturated rings. The van der Waals surface area contributed by atoms with Crippen molar-refractivity contribution >= 4 is 6.03 Å². The number of carbonyl (C=O) groups is 1. The first-order valence-corrected chi connectivity index (χ1v) is 7.41. The summed E-state index contributed by atoms with van der Waals surface area (Å²) >= 11 is 0.